The van der Waals surface area contributed by atoms with Gasteiger partial charge < -0.3 is 5.73 Å². The van der Waals surface area contributed by atoms with Crippen molar-refractivity contribution in [1.82, 2.24) is 0 Å². The lowest BCUT2D eigenvalue weighted by Crippen LogP contribution is -2.09. The molecule has 0 aliphatic heterocycles. The number of benzene rings is 1. The predicted molar refractivity (Wildman–Crippen MR) is 52.8 cm³/mol. The zero-order chi connectivity index (χ0) is 9.68. The van der Waals surface area contributed by atoms with E-state index in [0.717, 1.165) is 18.4 Å². The number of hydrogen-bond acceptors (Lipinski definition) is 1. The first-order chi connectivity index (χ1) is 6.24. The molecule has 0 aliphatic carbocycles. The minimum absolute atomic E-state index is 0.0152. The van der Waals surface area contributed by atoms with E-state index >= 15 is 0 Å². The van der Waals surface area contributed by atoms with E-state index in [1.54, 1.807) is 12.1 Å². The molecule has 0 aliphatic rings. The molecule has 0 saturated carbocycles. The third kappa shape index (κ3) is 2.99. The lowest BCUT2D eigenvalue weighted by Gasteiger charge is -2.09. The number of halogens is 1. The Kier molecular flexibility index (Phi) is 3.65. The molecule has 1 nitrogen and oxygen atoms in total. The molecule has 0 amide bonds. The van der Waals surface area contributed by atoms with Crippen molar-refractivity contribution in [3.8, 4) is 0 Å². The second-order valence-electron chi connectivity index (χ2n) is 3.02. The first kappa shape index (κ1) is 9.93. The van der Waals surface area contributed by atoms with Crippen molar-refractivity contribution in [2.24, 2.45) is 5.73 Å². The molecule has 0 spiro atoms. The maximum atomic E-state index is 12.5. The van der Waals surface area contributed by atoms with Crippen molar-refractivity contribution in [3.05, 3.63) is 48.3 Å². The van der Waals surface area contributed by atoms with E-state index in [-0.39, 0.29) is 11.9 Å². The van der Waals surface area contributed by atoms with Crippen molar-refractivity contribution in [2.75, 3.05) is 0 Å². The first-order valence-corrected chi connectivity index (χ1v) is 4.36. The van der Waals surface area contributed by atoms with Crippen molar-refractivity contribution in [3.63, 3.8) is 0 Å². The summed E-state index contributed by atoms with van der Waals surface area (Å²) in [5, 5.41) is 0. The second-order valence-corrected chi connectivity index (χ2v) is 3.02. The van der Waals surface area contributed by atoms with E-state index in [1.165, 1.54) is 12.1 Å². The maximum absolute atomic E-state index is 12.5. The highest BCUT2D eigenvalue weighted by molar-refractivity contribution is 5.19. The summed E-state index contributed by atoms with van der Waals surface area (Å²) in [6.07, 6.45) is 3.58. The number of allylic oxidation sites excluding steroid dienone is 1. The molecular weight excluding hydrogens is 165 g/mol. The van der Waals surface area contributed by atoms with Gasteiger partial charge in [-0.25, -0.2) is 4.39 Å². The van der Waals surface area contributed by atoms with Gasteiger partial charge in [0.05, 0.1) is 0 Å². The molecule has 0 saturated heterocycles. The van der Waals surface area contributed by atoms with E-state index < -0.39 is 0 Å². The van der Waals surface area contributed by atoms with E-state index in [4.69, 9.17) is 5.73 Å². The summed E-state index contributed by atoms with van der Waals surface area (Å²) in [5.41, 5.74) is 6.84. The molecule has 1 atom stereocenters. The van der Waals surface area contributed by atoms with Crippen LogP contribution in [0.5, 0.6) is 0 Å². The molecule has 0 radical (unpaired) electrons. The van der Waals surface area contributed by atoms with Crippen molar-refractivity contribution in [2.45, 2.75) is 18.9 Å². The highest BCUT2D eigenvalue weighted by atomic mass is 19.1. The van der Waals surface area contributed by atoms with Crippen LogP contribution in [-0.4, -0.2) is 0 Å². The quantitative estimate of drug-likeness (QED) is 0.707. The Bertz CT molecular complexity index is 266. The number of nitrogens with two attached hydrogens (primary N) is 1. The van der Waals surface area contributed by atoms with Crippen LogP contribution in [0.4, 0.5) is 4.39 Å². The summed E-state index contributed by atoms with van der Waals surface area (Å²) < 4.78 is 12.5. The van der Waals surface area contributed by atoms with Crippen LogP contribution in [0.1, 0.15) is 24.4 Å². The SMILES string of the molecule is C=CCC[C@@H](N)c1ccc(F)cc1. The van der Waals surface area contributed by atoms with E-state index in [9.17, 15) is 4.39 Å². The second kappa shape index (κ2) is 4.77. The Balaban J connectivity index is 2.60. The lowest BCUT2D eigenvalue weighted by atomic mass is 10.0. The molecule has 0 fully saturated rings. The maximum Gasteiger partial charge on any atom is 0.123 e. The minimum Gasteiger partial charge on any atom is -0.324 e. The van der Waals surface area contributed by atoms with Gasteiger partial charge in [0.25, 0.3) is 0 Å². The monoisotopic (exact) mass is 179 g/mol. The van der Waals surface area contributed by atoms with Gasteiger partial charge in [-0.1, -0.05) is 18.2 Å². The van der Waals surface area contributed by atoms with Gasteiger partial charge in [-0.2, -0.15) is 0 Å². The summed E-state index contributed by atoms with van der Waals surface area (Å²) >= 11 is 0. The molecule has 2 heteroatoms. The van der Waals surface area contributed by atoms with Gasteiger partial charge in [0.15, 0.2) is 0 Å². The van der Waals surface area contributed by atoms with Crippen LogP contribution in [0.25, 0.3) is 0 Å². The van der Waals surface area contributed by atoms with Crippen LogP contribution in [-0.2, 0) is 0 Å². The molecule has 0 aromatic heterocycles. The summed E-state index contributed by atoms with van der Waals surface area (Å²) in [6.45, 7) is 3.62. The van der Waals surface area contributed by atoms with Gasteiger partial charge in [0.1, 0.15) is 5.82 Å². The van der Waals surface area contributed by atoms with Crippen LogP contribution in [0.2, 0.25) is 0 Å². The topological polar surface area (TPSA) is 26.0 Å². The molecule has 0 heterocycles. The molecule has 70 valence electrons. The number of rotatable bonds is 4. The molecule has 0 bridgehead atoms. The number of hydrogen-bond donors (Lipinski definition) is 1. The molecule has 2 N–H and O–H groups in total. The van der Waals surface area contributed by atoms with Crippen LogP contribution in [0.3, 0.4) is 0 Å². The van der Waals surface area contributed by atoms with Crippen molar-refractivity contribution >= 4 is 0 Å². The first-order valence-electron chi connectivity index (χ1n) is 4.36. The van der Waals surface area contributed by atoms with Gasteiger partial charge in [0, 0.05) is 6.04 Å². The van der Waals surface area contributed by atoms with Gasteiger partial charge in [0.2, 0.25) is 0 Å². The largest absolute Gasteiger partial charge is 0.324 e. The summed E-state index contributed by atoms with van der Waals surface area (Å²) in [6, 6.07) is 6.30. The molecule has 1 rings (SSSR count). The van der Waals surface area contributed by atoms with E-state index in [2.05, 4.69) is 6.58 Å². The summed E-state index contributed by atoms with van der Waals surface area (Å²) in [4.78, 5) is 0. The van der Waals surface area contributed by atoms with Crippen LogP contribution in [0.15, 0.2) is 36.9 Å². The molecule has 0 unspecified atom stereocenters. The van der Waals surface area contributed by atoms with Crippen LogP contribution < -0.4 is 5.73 Å². The Labute approximate surface area is 78.1 Å². The van der Waals surface area contributed by atoms with Gasteiger partial charge >= 0.3 is 0 Å². The van der Waals surface area contributed by atoms with Gasteiger partial charge in [-0.15, -0.1) is 6.58 Å². The third-order valence-corrected chi connectivity index (χ3v) is 1.98. The van der Waals surface area contributed by atoms with Gasteiger partial charge in [-0.3, -0.25) is 0 Å². The normalized spacial score (nSPS) is 12.5. The zero-order valence-electron chi connectivity index (χ0n) is 7.54. The van der Waals surface area contributed by atoms with E-state index in [0.29, 0.717) is 0 Å². The molecule has 1 aromatic carbocycles. The highest BCUT2D eigenvalue weighted by Gasteiger charge is 2.03. The molecular formula is C11H14FN. The average Bonchev–Trinajstić information content (AvgIpc) is 2.15. The lowest BCUT2D eigenvalue weighted by molar-refractivity contribution is 0.620. The standard InChI is InChI=1S/C11H14FN/c1-2-3-4-11(13)9-5-7-10(12)8-6-9/h2,5-8,11H,1,3-4,13H2/t11-/m1/s1. The average molecular weight is 179 g/mol. The molecule has 13 heavy (non-hydrogen) atoms. The Morgan fingerprint density at radius 2 is 2.00 bits per heavy atom. The summed E-state index contributed by atoms with van der Waals surface area (Å²) in [7, 11) is 0. The Morgan fingerprint density at radius 1 is 1.38 bits per heavy atom. The Hall–Kier alpha value is -1.15. The van der Waals surface area contributed by atoms with Gasteiger partial charge in [-0.05, 0) is 30.5 Å². The smallest absolute Gasteiger partial charge is 0.123 e. The fourth-order valence-corrected chi connectivity index (χ4v) is 1.17. The summed E-state index contributed by atoms with van der Waals surface area (Å²) in [5.74, 6) is -0.223. The zero-order valence-corrected chi connectivity index (χ0v) is 7.54. The van der Waals surface area contributed by atoms with Crippen molar-refractivity contribution in [1.29, 1.82) is 0 Å². The molecule has 1 aromatic rings. The Morgan fingerprint density at radius 3 is 2.54 bits per heavy atom. The van der Waals surface area contributed by atoms with Crippen LogP contribution >= 0.6 is 0 Å². The fraction of sp³-hybridized carbons (Fsp3) is 0.273. The fourth-order valence-electron chi connectivity index (χ4n) is 1.17. The highest BCUT2D eigenvalue weighted by Crippen LogP contribution is 2.15. The predicted octanol–water partition coefficient (Wildman–Crippen LogP) is 2.79. The third-order valence-electron chi connectivity index (χ3n) is 1.98. The van der Waals surface area contributed by atoms with E-state index in [1.807, 2.05) is 6.08 Å². The van der Waals surface area contributed by atoms with Crippen LogP contribution in [0, 0.1) is 5.82 Å². The van der Waals surface area contributed by atoms with Crippen molar-refractivity contribution < 1.29 is 4.39 Å². The minimum atomic E-state index is -0.223.